The number of rotatable bonds is 8. The molecule has 1 amide bonds. The van der Waals surface area contributed by atoms with E-state index in [9.17, 15) is 9.59 Å². The number of halogens is 1. The predicted molar refractivity (Wildman–Crippen MR) is 96.9 cm³/mol. The number of benzene rings is 1. The van der Waals surface area contributed by atoms with E-state index >= 15 is 0 Å². The van der Waals surface area contributed by atoms with Crippen molar-refractivity contribution in [2.45, 2.75) is 20.3 Å². The van der Waals surface area contributed by atoms with Crippen LogP contribution in [0.4, 0.5) is 0 Å². The number of aromatic amines is 1. The van der Waals surface area contributed by atoms with Crippen LogP contribution in [0.2, 0.25) is 5.02 Å². The summed E-state index contributed by atoms with van der Waals surface area (Å²) in [4.78, 5) is 25.7. The van der Waals surface area contributed by atoms with Gasteiger partial charge in [0.2, 0.25) is 0 Å². The summed E-state index contributed by atoms with van der Waals surface area (Å²) in [5.41, 5.74) is 0.911. The van der Waals surface area contributed by atoms with Crippen LogP contribution in [0.1, 0.15) is 29.8 Å². The van der Waals surface area contributed by atoms with E-state index in [0.717, 1.165) is 5.56 Å². The number of pyridine rings is 1. The highest BCUT2D eigenvalue weighted by atomic mass is 35.5. The molecule has 134 valence electrons. The van der Waals surface area contributed by atoms with Crippen molar-refractivity contribution in [3.8, 4) is 11.5 Å². The van der Waals surface area contributed by atoms with E-state index in [0.29, 0.717) is 43.2 Å². The van der Waals surface area contributed by atoms with Crippen LogP contribution in [-0.4, -0.2) is 30.6 Å². The van der Waals surface area contributed by atoms with Gasteiger partial charge in [-0.1, -0.05) is 17.7 Å². The highest BCUT2D eigenvalue weighted by molar-refractivity contribution is 6.30. The monoisotopic (exact) mass is 364 g/mol. The van der Waals surface area contributed by atoms with Crippen LogP contribution in [0.15, 0.2) is 35.3 Å². The molecule has 6 nitrogen and oxygen atoms in total. The zero-order valence-corrected chi connectivity index (χ0v) is 15.0. The van der Waals surface area contributed by atoms with Crippen LogP contribution in [0.5, 0.6) is 11.5 Å². The molecule has 2 N–H and O–H groups in total. The second-order valence-electron chi connectivity index (χ2n) is 5.22. The number of aromatic nitrogens is 1. The molecule has 0 bridgehead atoms. The van der Waals surface area contributed by atoms with E-state index in [1.807, 2.05) is 32.0 Å². The second-order valence-corrected chi connectivity index (χ2v) is 5.63. The average Bonchev–Trinajstić information content (AvgIpc) is 2.60. The Bertz CT molecular complexity index is 789. The summed E-state index contributed by atoms with van der Waals surface area (Å²) >= 11 is 5.73. The van der Waals surface area contributed by atoms with Crippen LogP contribution in [0.3, 0.4) is 0 Å². The smallest absolute Gasteiger partial charge is 0.266 e. The molecular weight excluding hydrogens is 344 g/mol. The molecule has 1 heterocycles. The van der Waals surface area contributed by atoms with Crippen molar-refractivity contribution in [1.29, 1.82) is 0 Å². The van der Waals surface area contributed by atoms with Crippen LogP contribution in [0, 0.1) is 0 Å². The molecule has 0 saturated heterocycles. The number of H-pyrrole nitrogens is 1. The van der Waals surface area contributed by atoms with E-state index < -0.39 is 5.56 Å². The molecule has 0 aliphatic rings. The quantitative estimate of drug-likeness (QED) is 0.754. The SMILES string of the molecule is CCOc1ccc(CCNC(=O)c2c[nH]c(=O)c(Cl)c2)cc1OCC. The maximum atomic E-state index is 12.1. The zero-order chi connectivity index (χ0) is 18.2. The van der Waals surface area contributed by atoms with E-state index in [2.05, 4.69) is 10.3 Å². The van der Waals surface area contributed by atoms with Crippen molar-refractivity contribution in [2.24, 2.45) is 0 Å². The summed E-state index contributed by atoms with van der Waals surface area (Å²) in [5.74, 6) is 1.11. The van der Waals surface area contributed by atoms with Gasteiger partial charge in [0.15, 0.2) is 11.5 Å². The summed E-state index contributed by atoms with van der Waals surface area (Å²) < 4.78 is 11.1. The van der Waals surface area contributed by atoms with Gasteiger partial charge in [0, 0.05) is 12.7 Å². The molecule has 0 fully saturated rings. The lowest BCUT2D eigenvalue weighted by Gasteiger charge is -2.12. The number of hydrogen-bond acceptors (Lipinski definition) is 4. The molecule has 2 aromatic rings. The minimum Gasteiger partial charge on any atom is -0.490 e. The third-order valence-electron chi connectivity index (χ3n) is 3.43. The third-order valence-corrected chi connectivity index (χ3v) is 3.71. The molecule has 0 aliphatic carbocycles. The highest BCUT2D eigenvalue weighted by Crippen LogP contribution is 2.28. The van der Waals surface area contributed by atoms with E-state index in [4.69, 9.17) is 21.1 Å². The summed E-state index contributed by atoms with van der Waals surface area (Å²) in [6.07, 6.45) is 1.98. The standard InChI is InChI=1S/C18H21ClN2O4/c1-3-24-15-6-5-12(9-16(15)25-4-2)7-8-20-17(22)13-10-14(19)18(23)21-11-13/h5-6,9-11H,3-4,7-8H2,1-2H3,(H,20,22)(H,21,23). The number of nitrogens with one attached hydrogen (secondary N) is 2. The van der Waals surface area contributed by atoms with E-state index in [-0.39, 0.29) is 10.9 Å². The molecule has 2 rings (SSSR count). The normalized spacial score (nSPS) is 10.4. The van der Waals surface area contributed by atoms with Crippen molar-refractivity contribution in [2.75, 3.05) is 19.8 Å². The zero-order valence-electron chi connectivity index (χ0n) is 14.2. The first-order valence-corrected chi connectivity index (χ1v) is 8.47. The Hall–Kier alpha value is -2.47. The van der Waals surface area contributed by atoms with Crippen molar-refractivity contribution in [3.05, 3.63) is 57.0 Å². The van der Waals surface area contributed by atoms with Gasteiger partial charge in [-0.15, -0.1) is 0 Å². The molecule has 0 unspecified atom stereocenters. The van der Waals surface area contributed by atoms with Crippen molar-refractivity contribution in [3.63, 3.8) is 0 Å². The van der Waals surface area contributed by atoms with Crippen LogP contribution in [0.25, 0.3) is 0 Å². The van der Waals surface area contributed by atoms with Crippen molar-refractivity contribution >= 4 is 17.5 Å². The fourth-order valence-corrected chi connectivity index (χ4v) is 2.43. The second kappa shape index (κ2) is 9.13. The summed E-state index contributed by atoms with van der Waals surface area (Å²) in [6, 6.07) is 7.07. The summed E-state index contributed by atoms with van der Waals surface area (Å²) in [6.45, 7) is 5.39. The number of carbonyl (C=O) groups excluding carboxylic acids is 1. The molecule has 0 atom stereocenters. The van der Waals surface area contributed by atoms with Gasteiger partial charge in [-0.3, -0.25) is 9.59 Å². The first-order chi connectivity index (χ1) is 12.0. The topological polar surface area (TPSA) is 80.4 Å². The van der Waals surface area contributed by atoms with Crippen LogP contribution in [-0.2, 0) is 6.42 Å². The maximum absolute atomic E-state index is 12.1. The van der Waals surface area contributed by atoms with Gasteiger partial charge >= 0.3 is 0 Å². The van der Waals surface area contributed by atoms with Crippen LogP contribution >= 0.6 is 11.6 Å². The van der Waals surface area contributed by atoms with Gasteiger partial charge in [-0.05, 0) is 44.0 Å². The minimum absolute atomic E-state index is 0.0134. The first kappa shape index (κ1) is 18.9. The maximum Gasteiger partial charge on any atom is 0.266 e. The van der Waals surface area contributed by atoms with Gasteiger partial charge in [-0.2, -0.15) is 0 Å². The lowest BCUT2D eigenvalue weighted by Crippen LogP contribution is -2.26. The largest absolute Gasteiger partial charge is 0.490 e. The number of ether oxygens (including phenoxy) is 2. The lowest BCUT2D eigenvalue weighted by molar-refractivity contribution is 0.0953. The average molecular weight is 365 g/mol. The summed E-state index contributed by atoms with van der Waals surface area (Å²) in [5, 5.41) is 2.78. The molecule has 25 heavy (non-hydrogen) atoms. The van der Waals surface area contributed by atoms with Crippen molar-refractivity contribution in [1.82, 2.24) is 10.3 Å². The fraction of sp³-hybridized carbons (Fsp3) is 0.333. The first-order valence-electron chi connectivity index (χ1n) is 8.10. The number of hydrogen-bond donors (Lipinski definition) is 2. The van der Waals surface area contributed by atoms with Gasteiger partial charge in [-0.25, -0.2) is 0 Å². The Morgan fingerprint density at radius 2 is 1.88 bits per heavy atom. The Balaban J connectivity index is 1.96. The van der Waals surface area contributed by atoms with E-state index in [1.165, 1.54) is 12.3 Å². The fourth-order valence-electron chi connectivity index (χ4n) is 2.26. The van der Waals surface area contributed by atoms with Gasteiger partial charge in [0.25, 0.3) is 11.5 Å². The molecule has 7 heteroatoms. The van der Waals surface area contributed by atoms with E-state index in [1.54, 1.807) is 0 Å². The summed E-state index contributed by atoms with van der Waals surface area (Å²) in [7, 11) is 0. The van der Waals surface area contributed by atoms with Gasteiger partial charge in [0.1, 0.15) is 5.02 Å². The molecule has 1 aromatic heterocycles. The Morgan fingerprint density at radius 1 is 1.16 bits per heavy atom. The number of amides is 1. The molecule has 0 aliphatic heterocycles. The van der Waals surface area contributed by atoms with Gasteiger partial charge < -0.3 is 19.8 Å². The van der Waals surface area contributed by atoms with Crippen LogP contribution < -0.4 is 20.3 Å². The molecule has 0 radical (unpaired) electrons. The van der Waals surface area contributed by atoms with Crippen molar-refractivity contribution < 1.29 is 14.3 Å². The number of carbonyl (C=O) groups is 1. The molecule has 0 saturated carbocycles. The highest BCUT2D eigenvalue weighted by Gasteiger charge is 2.09. The predicted octanol–water partition coefficient (Wildman–Crippen LogP) is 2.80. The third kappa shape index (κ3) is 5.26. The Labute approximate surface area is 151 Å². The Kier molecular flexibility index (Phi) is 6.89. The Morgan fingerprint density at radius 3 is 2.56 bits per heavy atom. The minimum atomic E-state index is -0.420. The molecular formula is C18H21ClN2O4. The molecule has 1 aromatic carbocycles. The lowest BCUT2D eigenvalue weighted by atomic mass is 10.1. The molecule has 0 spiro atoms. The van der Waals surface area contributed by atoms with Gasteiger partial charge in [0.05, 0.1) is 18.8 Å².